The molecule has 2 N–H and O–H groups in total. The molecule has 0 amide bonds. The van der Waals surface area contributed by atoms with Gasteiger partial charge in [-0.05, 0) is 60.6 Å². The van der Waals surface area contributed by atoms with Crippen LogP contribution in [-0.4, -0.2) is 33.3 Å². The van der Waals surface area contributed by atoms with Gasteiger partial charge >= 0.3 is 0 Å². The Balaban J connectivity index is 2.16. The van der Waals surface area contributed by atoms with E-state index < -0.39 is 15.5 Å². The summed E-state index contributed by atoms with van der Waals surface area (Å²) in [5.74, 6) is 0.00440. The molecule has 0 aliphatic carbocycles. The molecular weight excluding hydrogens is 418 g/mol. The summed E-state index contributed by atoms with van der Waals surface area (Å²) >= 11 is 2.13. The summed E-state index contributed by atoms with van der Waals surface area (Å²) in [4.78, 5) is 4.50. The maximum Gasteiger partial charge on any atom is 0.204 e. The molecule has 0 saturated heterocycles. The normalized spacial score (nSPS) is 31.8. The van der Waals surface area contributed by atoms with Crippen molar-refractivity contribution in [2.24, 2.45) is 15.1 Å². The van der Waals surface area contributed by atoms with Gasteiger partial charge in [0.15, 0.2) is 0 Å². The minimum atomic E-state index is -2.67. The molecular formula is C14H18FIN4OS. The molecule has 3 rings (SSSR count). The van der Waals surface area contributed by atoms with E-state index in [0.717, 1.165) is 16.4 Å². The Bertz CT molecular complexity index is 759. The van der Waals surface area contributed by atoms with E-state index in [-0.39, 0.29) is 17.5 Å². The number of nitrogens with two attached hydrogens (primary N) is 1. The summed E-state index contributed by atoms with van der Waals surface area (Å²) in [6.07, 6.45) is 1.76. The van der Waals surface area contributed by atoms with Crippen molar-refractivity contribution in [3.63, 3.8) is 0 Å². The molecule has 22 heavy (non-hydrogen) atoms. The maximum absolute atomic E-state index is 14.3. The summed E-state index contributed by atoms with van der Waals surface area (Å²) < 4.78 is 34.5. The number of guanidine groups is 1. The first-order valence-corrected chi connectivity index (χ1v) is 9.85. The van der Waals surface area contributed by atoms with Gasteiger partial charge in [-0.3, -0.25) is 4.31 Å². The fourth-order valence-electron chi connectivity index (χ4n) is 2.93. The summed E-state index contributed by atoms with van der Waals surface area (Å²) in [6.45, 7) is 2.91. The molecule has 0 unspecified atom stereocenters. The highest BCUT2D eigenvalue weighted by atomic mass is 127. The fourth-order valence-corrected chi connectivity index (χ4v) is 5.92. The lowest BCUT2D eigenvalue weighted by atomic mass is 9.94. The molecule has 2 aliphatic rings. The van der Waals surface area contributed by atoms with Gasteiger partial charge in [0.2, 0.25) is 5.96 Å². The molecule has 0 bridgehead atoms. The van der Waals surface area contributed by atoms with Crippen molar-refractivity contribution in [1.29, 1.82) is 0 Å². The SMILES string of the molecule is C[C@@]1(c2cc(I)ccc2F)C[S@@]2(=O)=NCCCCN2C(N)=N1. The number of nitrogens with zero attached hydrogens (tertiary/aromatic N) is 3. The van der Waals surface area contributed by atoms with Gasteiger partial charge in [0.1, 0.15) is 21.3 Å². The van der Waals surface area contributed by atoms with Gasteiger partial charge in [-0.1, -0.05) is 0 Å². The molecule has 0 radical (unpaired) electrons. The van der Waals surface area contributed by atoms with Crippen molar-refractivity contribution in [3.05, 3.63) is 33.1 Å². The summed E-state index contributed by atoms with van der Waals surface area (Å²) in [5, 5.41) is 0. The second kappa shape index (κ2) is 5.63. The lowest BCUT2D eigenvalue weighted by molar-refractivity contribution is 0.464. The van der Waals surface area contributed by atoms with Crippen LogP contribution < -0.4 is 5.73 Å². The Morgan fingerprint density at radius 1 is 1.45 bits per heavy atom. The molecule has 2 aliphatic heterocycles. The first kappa shape index (κ1) is 16.0. The van der Waals surface area contributed by atoms with Crippen molar-refractivity contribution >= 4 is 38.5 Å². The molecule has 5 nitrogen and oxygen atoms in total. The Kier molecular flexibility index (Phi) is 4.09. The predicted molar refractivity (Wildman–Crippen MR) is 94.3 cm³/mol. The van der Waals surface area contributed by atoms with Gasteiger partial charge in [-0.2, -0.15) is 0 Å². The van der Waals surface area contributed by atoms with Crippen LogP contribution in [0.15, 0.2) is 27.6 Å². The lowest BCUT2D eigenvalue weighted by Gasteiger charge is -2.38. The number of hydrogen-bond donors (Lipinski definition) is 1. The van der Waals surface area contributed by atoms with Crippen LogP contribution in [0.4, 0.5) is 4.39 Å². The zero-order chi connectivity index (χ0) is 16.0. The molecule has 0 aromatic heterocycles. The molecule has 2 atom stereocenters. The lowest BCUT2D eigenvalue weighted by Crippen LogP contribution is -2.52. The summed E-state index contributed by atoms with van der Waals surface area (Å²) in [7, 11) is -2.67. The minimum Gasteiger partial charge on any atom is -0.369 e. The maximum atomic E-state index is 14.3. The third-order valence-corrected chi connectivity index (χ3v) is 7.25. The van der Waals surface area contributed by atoms with Gasteiger partial charge in [-0.15, -0.1) is 0 Å². The van der Waals surface area contributed by atoms with Crippen LogP contribution >= 0.6 is 22.6 Å². The van der Waals surface area contributed by atoms with E-state index in [1.807, 2.05) is 0 Å². The van der Waals surface area contributed by atoms with Gasteiger partial charge in [0.25, 0.3) is 0 Å². The second-order valence-corrected chi connectivity index (χ2v) is 9.23. The molecule has 1 aromatic rings. The van der Waals surface area contributed by atoms with Gasteiger partial charge in [0, 0.05) is 15.7 Å². The van der Waals surface area contributed by atoms with Gasteiger partial charge in [-0.25, -0.2) is 18.0 Å². The van der Waals surface area contributed by atoms with Crippen LogP contribution in [0.25, 0.3) is 0 Å². The molecule has 0 fully saturated rings. The zero-order valence-electron chi connectivity index (χ0n) is 12.3. The van der Waals surface area contributed by atoms with Gasteiger partial charge < -0.3 is 5.73 Å². The van der Waals surface area contributed by atoms with Crippen molar-refractivity contribution in [1.82, 2.24) is 4.31 Å². The van der Waals surface area contributed by atoms with E-state index in [1.165, 1.54) is 6.07 Å². The van der Waals surface area contributed by atoms with Crippen LogP contribution in [0.5, 0.6) is 0 Å². The highest BCUT2D eigenvalue weighted by Crippen LogP contribution is 2.35. The third-order valence-electron chi connectivity index (χ3n) is 4.00. The quantitative estimate of drug-likeness (QED) is 0.688. The van der Waals surface area contributed by atoms with Gasteiger partial charge in [0.05, 0.1) is 12.3 Å². The minimum absolute atomic E-state index is 0.164. The van der Waals surface area contributed by atoms with Crippen LogP contribution in [0.2, 0.25) is 0 Å². The topological polar surface area (TPSA) is 71.0 Å². The molecule has 1 aromatic carbocycles. The predicted octanol–water partition coefficient (Wildman–Crippen LogP) is 2.45. The highest BCUT2D eigenvalue weighted by Gasteiger charge is 2.42. The number of halogens is 2. The smallest absolute Gasteiger partial charge is 0.204 e. The third kappa shape index (κ3) is 2.70. The fraction of sp³-hybridized carbons (Fsp3) is 0.500. The Hall–Kier alpha value is -0.900. The highest BCUT2D eigenvalue weighted by molar-refractivity contribution is 14.1. The van der Waals surface area contributed by atoms with E-state index >= 15 is 0 Å². The Morgan fingerprint density at radius 3 is 3.00 bits per heavy atom. The average molecular weight is 436 g/mol. The Morgan fingerprint density at radius 2 is 2.23 bits per heavy atom. The number of benzene rings is 1. The first-order valence-electron chi connectivity index (χ1n) is 7.13. The molecule has 0 saturated carbocycles. The molecule has 0 spiro atoms. The molecule has 2 heterocycles. The van der Waals surface area contributed by atoms with Crippen molar-refractivity contribution in [2.75, 3.05) is 18.8 Å². The van der Waals surface area contributed by atoms with E-state index in [1.54, 1.807) is 23.4 Å². The average Bonchev–Trinajstić information content (AvgIpc) is 2.62. The van der Waals surface area contributed by atoms with E-state index in [0.29, 0.717) is 18.7 Å². The van der Waals surface area contributed by atoms with Crippen LogP contribution in [-0.2, 0) is 15.5 Å². The zero-order valence-corrected chi connectivity index (χ0v) is 15.2. The van der Waals surface area contributed by atoms with E-state index in [9.17, 15) is 8.60 Å². The number of rotatable bonds is 1. The second-order valence-electron chi connectivity index (χ2n) is 5.78. The van der Waals surface area contributed by atoms with Crippen LogP contribution in [0.1, 0.15) is 25.3 Å². The van der Waals surface area contributed by atoms with Crippen LogP contribution in [0.3, 0.4) is 0 Å². The monoisotopic (exact) mass is 436 g/mol. The number of hydrogen-bond acceptors (Lipinski definition) is 4. The standard InChI is InChI=1S/C14H18FIN4OS/c1-14(11-8-10(16)4-5-12(11)15)9-22(21)18-6-2-3-7-20(22)13(17)19-14/h4-5,8H,2-3,6-7,9H2,1H3,(H2,17,19)/t14-,22+/m0/s1. The summed E-state index contributed by atoms with van der Waals surface area (Å²) in [6, 6.07) is 4.85. The van der Waals surface area contributed by atoms with Crippen molar-refractivity contribution in [2.45, 2.75) is 25.3 Å². The van der Waals surface area contributed by atoms with Crippen molar-refractivity contribution in [3.8, 4) is 0 Å². The van der Waals surface area contributed by atoms with Crippen LogP contribution in [0, 0.1) is 9.39 Å². The first-order chi connectivity index (χ1) is 10.3. The largest absolute Gasteiger partial charge is 0.369 e. The van der Waals surface area contributed by atoms with E-state index in [4.69, 9.17) is 5.73 Å². The van der Waals surface area contributed by atoms with E-state index in [2.05, 4.69) is 31.9 Å². The molecule has 8 heteroatoms. The molecule has 120 valence electrons. The number of fused-ring (bicyclic) bond motifs is 1. The number of aliphatic imine (C=N–C) groups is 1. The van der Waals surface area contributed by atoms with Crippen molar-refractivity contribution < 1.29 is 8.60 Å². The Labute approximate surface area is 143 Å². The summed E-state index contributed by atoms with van der Waals surface area (Å²) in [5.41, 5.74) is 5.52.